The van der Waals surface area contributed by atoms with E-state index in [1.165, 1.54) is 6.07 Å². The van der Waals surface area contributed by atoms with Crippen LogP contribution in [-0.2, 0) is 18.0 Å². The summed E-state index contributed by atoms with van der Waals surface area (Å²) < 4.78 is 45.3. The van der Waals surface area contributed by atoms with Crippen LogP contribution in [0.2, 0.25) is 0 Å². The highest BCUT2D eigenvalue weighted by atomic mass is 127. The van der Waals surface area contributed by atoms with Crippen LogP contribution in [0.4, 0.5) is 19.0 Å². The molecule has 172 valence electrons. The summed E-state index contributed by atoms with van der Waals surface area (Å²) in [6, 6.07) is 2.36. The maximum Gasteiger partial charge on any atom is 0.417 e. The number of halogens is 4. The fourth-order valence-corrected chi connectivity index (χ4v) is 3.15. The lowest BCUT2D eigenvalue weighted by atomic mass is 10.1. The third-order valence-electron chi connectivity index (χ3n) is 4.71. The maximum atomic E-state index is 12.6. The van der Waals surface area contributed by atoms with Crippen molar-refractivity contribution in [2.75, 3.05) is 45.2 Å². The van der Waals surface area contributed by atoms with Gasteiger partial charge in [-0.05, 0) is 18.6 Å². The molecule has 1 aliphatic rings. The van der Waals surface area contributed by atoms with Crippen LogP contribution in [0, 0.1) is 0 Å². The maximum absolute atomic E-state index is 12.6. The Bertz CT molecular complexity index is 842. The third kappa shape index (κ3) is 7.23. The summed E-state index contributed by atoms with van der Waals surface area (Å²) in [6.45, 7) is 3.25. The average molecular weight is 553 g/mol. The van der Waals surface area contributed by atoms with Crippen molar-refractivity contribution in [3.05, 3.63) is 41.9 Å². The van der Waals surface area contributed by atoms with Gasteiger partial charge in [0, 0.05) is 51.7 Å². The van der Waals surface area contributed by atoms with Gasteiger partial charge < -0.3 is 20.3 Å². The first-order valence-corrected chi connectivity index (χ1v) is 9.69. The summed E-state index contributed by atoms with van der Waals surface area (Å²) in [5, 5.41) is 10.5. The summed E-state index contributed by atoms with van der Waals surface area (Å²) in [7, 11) is 3.61. The minimum absolute atomic E-state index is 0. The van der Waals surface area contributed by atoms with Gasteiger partial charge in [-0.25, -0.2) is 4.98 Å². The molecular weight excluding hydrogens is 526 g/mol. The fraction of sp³-hybridized carbons (Fsp3) is 0.526. The number of guanidine groups is 1. The van der Waals surface area contributed by atoms with Gasteiger partial charge in [-0.1, -0.05) is 0 Å². The zero-order valence-electron chi connectivity index (χ0n) is 17.4. The Hall–Kier alpha value is -2.09. The van der Waals surface area contributed by atoms with E-state index in [1.807, 2.05) is 19.4 Å². The van der Waals surface area contributed by atoms with Crippen molar-refractivity contribution in [2.45, 2.75) is 18.7 Å². The molecule has 0 radical (unpaired) electrons. The van der Waals surface area contributed by atoms with E-state index < -0.39 is 11.7 Å². The van der Waals surface area contributed by atoms with Crippen molar-refractivity contribution in [3.63, 3.8) is 0 Å². The van der Waals surface area contributed by atoms with Crippen LogP contribution in [-0.4, -0.2) is 65.5 Å². The van der Waals surface area contributed by atoms with Gasteiger partial charge in [0.25, 0.3) is 0 Å². The normalized spacial score (nSPS) is 17.3. The number of hydrogen-bond donors (Lipinski definition) is 2. The molecule has 0 aromatic carbocycles. The van der Waals surface area contributed by atoms with Crippen LogP contribution in [0.15, 0.2) is 35.7 Å². The summed E-state index contributed by atoms with van der Waals surface area (Å²) >= 11 is 0. The van der Waals surface area contributed by atoms with E-state index in [9.17, 15) is 13.2 Å². The van der Waals surface area contributed by atoms with Crippen molar-refractivity contribution < 1.29 is 17.9 Å². The quantitative estimate of drug-likeness (QED) is 0.248. The van der Waals surface area contributed by atoms with Crippen LogP contribution in [0.3, 0.4) is 0 Å². The predicted molar refractivity (Wildman–Crippen MR) is 123 cm³/mol. The van der Waals surface area contributed by atoms with Crippen LogP contribution in [0.5, 0.6) is 0 Å². The topological polar surface area (TPSA) is 79.6 Å². The molecule has 0 amide bonds. The first kappa shape index (κ1) is 25.2. The number of rotatable bonds is 6. The number of nitrogens with zero attached hydrogens (tertiary/aromatic N) is 5. The highest BCUT2D eigenvalue weighted by Crippen LogP contribution is 2.28. The molecule has 8 nitrogen and oxygen atoms in total. The SMILES string of the molecule is CN=C(NCCCNc1ccc(C(F)(F)F)cn1)N1CCOC(c2cnn(C)c2)C1.I. The van der Waals surface area contributed by atoms with Gasteiger partial charge in [-0.3, -0.25) is 9.67 Å². The molecule has 31 heavy (non-hydrogen) atoms. The third-order valence-corrected chi connectivity index (χ3v) is 4.71. The smallest absolute Gasteiger partial charge is 0.370 e. The number of pyridine rings is 1. The fourth-order valence-electron chi connectivity index (χ4n) is 3.15. The lowest BCUT2D eigenvalue weighted by Crippen LogP contribution is -2.48. The number of aliphatic imine (C=N–C) groups is 1. The molecule has 3 heterocycles. The highest BCUT2D eigenvalue weighted by Gasteiger charge is 2.30. The number of morpholine rings is 1. The van der Waals surface area contributed by atoms with Gasteiger partial charge in [0.05, 0.1) is 24.9 Å². The molecule has 0 spiro atoms. The van der Waals surface area contributed by atoms with Crippen LogP contribution < -0.4 is 10.6 Å². The Kier molecular flexibility index (Phi) is 9.34. The molecule has 1 saturated heterocycles. The second-order valence-electron chi connectivity index (χ2n) is 6.94. The van der Waals surface area contributed by atoms with Gasteiger partial charge in [0.1, 0.15) is 11.9 Å². The lowest BCUT2D eigenvalue weighted by molar-refractivity contribution is -0.137. The number of anilines is 1. The molecule has 1 fully saturated rings. The number of alkyl halides is 3. The minimum atomic E-state index is -4.37. The number of nitrogens with one attached hydrogen (secondary N) is 2. The second kappa shape index (κ2) is 11.5. The number of ether oxygens (including phenoxy) is 1. The van der Waals surface area contributed by atoms with Gasteiger partial charge in [-0.15, -0.1) is 24.0 Å². The molecule has 0 bridgehead atoms. The van der Waals surface area contributed by atoms with E-state index in [1.54, 1.807) is 11.7 Å². The highest BCUT2D eigenvalue weighted by molar-refractivity contribution is 14.0. The zero-order chi connectivity index (χ0) is 21.6. The number of aryl methyl sites for hydroxylation is 1. The van der Waals surface area contributed by atoms with Crippen molar-refractivity contribution >= 4 is 35.8 Å². The number of hydrogen-bond acceptors (Lipinski definition) is 5. The average Bonchev–Trinajstić information content (AvgIpc) is 3.17. The van der Waals surface area contributed by atoms with Gasteiger partial charge in [0.15, 0.2) is 5.96 Å². The standard InChI is InChI=1S/C19H26F3N7O.HI/c1-23-18(29-8-9-30-16(13-29)14-10-27-28(2)12-14)25-7-3-6-24-17-5-4-15(11-26-17)19(20,21)22;/h4-5,10-12,16H,3,6-9,13H2,1-2H3,(H,23,25)(H,24,26);1H. The molecule has 2 aromatic rings. The van der Waals surface area contributed by atoms with E-state index >= 15 is 0 Å². The molecule has 1 atom stereocenters. The molecule has 2 N–H and O–H groups in total. The summed E-state index contributed by atoms with van der Waals surface area (Å²) in [5.74, 6) is 1.21. The van der Waals surface area contributed by atoms with Crippen molar-refractivity contribution in [1.82, 2.24) is 25.0 Å². The molecule has 1 aliphatic heterocycles. The van der Waals surface area contributed by atoms with Crippen LogP contribution in [0.25, 0.3) is 0 Å². The first-order valence-electron chi connectivity index (χ1n) is 9.69. The molecular formula is C19H27F3IN7O. The zero-order valence-corrected chi connectivity index (χ0v) is 19.7. The molecule has 2 aromatic heterocycles. The van der Waals surface area contributed by atoms with Gasteiger partial charge >= 0.3 is 6.18 Å². The van der Waals surface area contributed by atoms with Crippen molar-refractivity contribution in [1.29, 1.82) is 0 Å². The lowest BCUT2D eigenvalue weighted by Gasteiger charge is -2.34. The Morgan fingerprint density at radius 3 is 2.71 bits per heavy atom. The molecule has 0 saturated carbocycles. The molecule has 3 rings (SSSR count). The summed E-state index contributed by atoms with van der Waals surface area (Å²) in [4.78, 5) is 10.3. The van der Waals surface area contributed by atoms with E-state index in [2.05, 4.69) is 30.6 Å². The predicted octanol–water partition coefficient (Wildman–Crippen LogP) is 2.90. The summed E-state index contributed by atoms with van der Waals surface area (Å²) in [6.07, 6.45) is 0.910. The van der Waals surface area contributed by atoms with Crippen LogP contribution >= 0.6 is 24.0 Å². The number of aromatic nitrogens is 3. The Morgan fingerprint density at radius 1 is 1.29 bits per heavy atom. The molecule has 12 heteroatoms. The van der Waals surface area contributed by atoms with Crippen molar-refractivity contribution in [2.24, 2.45) is 12.0 Å². The second-order valence-corrected chi connectivity index (χ2v) is 6.94. The van der Waals surface area contributed by atoms with E-state index in [0.717, 1.165) is 36.8 Å². The van der Waals surface area contributed by atoms with E-state index in [0.29, 0.717) is 32.1 Å². The van der Waals surface area contributed by atoms with Crippen LogP contribution in [0.1, 0.15) is 23.7 Å². The summed E-state index contributed by atoms with van der Waals surface area (Å²) in [5.41, 5.74) is 0.277. The molecule has 1 unspecified atom stereocenters. The Balaban J connectivity index is 0.00000341. The monoisotopic (exact) mass is 553 g/mol. The van der Waals surface area contributed by atoms with Gasteiger partial charge in [0.2, 0.25) is 0 Å². The van der Waals surface area contributed by atoms with Crippen molar-refractivity contribution in [3.8, 4) is 0 Å². The minimum Gasteiger partial charge on any atom is -0.370 e. The van der Waals surface area contributed by atoms with E-state index in [4.69, 9.17) is 4.74 Å². The first-order chi connectivity index (χ1) is 14.4. The largest absolute Gasteiger partial charge is 0.417 e. The molecule has 0 aliphatic carbocycles. The Labute approximate surface area is 196 Å². The Morgan fingerprint density at radius 2 is 2.10 bits per heavy atom. The van der Waals surface area contributed by atoms with E-state index in [-0.39, 0.29) is 30.1 Å². The van der Waals surface area contributed by atoms with Gasteiger partial charge in [-0.2, -0.15) is 18.3 Å².